The van der Waals surface area contributed by atoms with Crippen LogP contribution < -0.4 is 0 Å². The van der Waals surface area contributed by atoms with E-state index >= 15 is 0 Å². The highest BCUT2D eigenvalue weighted by Crippen LogP contribution is 2.27. The molecule has 0 aliphatic rings. The Morgan fingerprint density at radius 3 is 2.67 bits per heavy atom. The predicted octanol–water partition coefficient (Wildman–Crippen LogP) is 3.79. The van der Waals surface area contributed by atoms with Gasteiger partial charge in [-0.3, -0.25) is 0 Å². The highest BCUT2D eigenvalue weighted by atomic mass is 32.2. The summed E-state index contributed by atoms with van der Waals surface area (Å²) in [4.78, 5) is 15.9. The predicted molar refractivity (Wildman–Crippen MR) is 88.4 cm³/mol. The van der Waals surface area contributed by atoms with Crippen molar-refractivity contribution in [1.82, 2.24) is 9.55 Å². The molecule has 2 rings (SSSR count). The Kier molecular flexibility index (Phi) is 4.61. The van der Waals surface area contributed by atoms with Gasteiger partial charge in [0.25, 0.3) is 0 Å². The molecule has 0 spiro atoms. The summed E-state index contributed by atoms with van der Waals surface area (Å²) in [5.41, 5.74) is 2.03. The molecule has 21 heavy (non-hydrogen) atoms. The van der Waals surface area contributed by atoms with Crippen LogP contribution >= 0.6 is 11.8 Å². The van der Waals surface area contributed by atoms with Gasteiger partial charge in [-0.25, -0.2) is 9.78 Å². The lowest BCUT2D eigenvalue weighted by Gasteiger charge is -2.20. The van der Waals surface area contributed by atoms with Crippen molar-refractivity contribution in [2.24, 2.45) is 0 Å². The summed E-state index contributed by atoms with van der Waals surface area (Å²) in [7, 11) is 0. The summed E-state index contributed by atoms with van der Waals surface area (Å²) >= 11 is 1.82. The SMILES string of the molecule is CSCCCn1c(C(C)(C)C)nc2ccc(C(=O)O)cc21. The average molecular weight is 306 g/mol. The van der Waals surface area contributed by atoms with Crippen LogP contribution in [0, 0.1) is 0 Å². The molecular weight excluding hydrogens is 284 g/mol. The van der Waals surface area contributed by atoms with E-state index in [0.29, 0.717) is 5.56 Å². The lowest BCUT2D eigenvalue weighted by Crippen LogP contribution is -2.19. The minimum absolute atomic E-state index is 0.0677. The number of carbonyl (C=O) groups is 1. The van der Waals surface area contributed by atoms with E-state index in [9.17, 15) is 9.90 Å². The summed E-state index contributed by atoms with van der Waals surface area (Å²) < 4.78 is 2.18. The fraction of sp³-hybridized carbons (Fsp3) is 0.500. The molecule has 0 radical (unpaired) electrons. The van der Waals surface area contributed by atoms with Crippen molar-refractivity contribution in [3.05, 3.63) is 29.6 Å². The number of benzene rings is 1. The fourth-order valence-corrected chi connectivity index (χ4v) is 2.84. The van der Waals surface area contributed by atoms with Crippen LogP contribution in [0.4, 0.5) is 0 Å². The van der Waals surface area contributed by atoms with Crippen molar-refractivity contribution >= 4 is 28.8 Å². The summed E-state index contributed by atoms with van der Waals surface area (Å²) in [6.07, 6.45) is 3.15. The molecule has 0 aliphatic carbocycles. The molecule has 0 bridgehead atoms. The first-order chi connectivity index (χ1) is 9.84. The van der Waals surface area contributed by atoms with Crippen LogP contribution in [0.1, 0.15) is 43.4 Å². The minimum atomic E-state index is -0.897. The largest absolute Gasteiger partial charge is 0.478 e. The molecule has 114 valence electrons. The van der Waals surface area contributed by atoms with E-state index in [1.165, 1.54) is 0 Å². The molecule has 1 heterocycles. The summed E-state index contributed by atoms with van der Waals surface area (Å²) in [6.45, 7) is 7.28. The van der Waals surface area contributed by atoms with Crippen LogP contribution in [0.15, 0.2) is 18.2 Å². The number of hydrogen-bond acceptors (Lipinski definition) is 3. The van der Waals surface area contributed by atoms with E-state index in [0.717, 1.165) is 35.6 Å². The smallest absolute Gasteiger partial charge is 0.335 e. The molecule has 1 aromatic carbocycles. The first-order valence-electron chi connectivity index (χ1n) is 7.07. The number of rotatable bonds is 5. The lowest BCUT2D eigenvalue weighted by atomic mass is 9.95. The van der Waals surface area contributed by atoms with Gasteiger partial charge >= 0.3 is 5.97 Å². The topological polar surface area (TPSA) is 55.1 Å². The van der Waals surface area contributed by atoms with Crippen LogP contribution in [-0.4, -0.2) is 32.6 Å². The van der Waals surface area contributed by atoms with Crippen molar-refractivity contribution in [3.8, 4) is 0 Å². The Bertz CT molecular complexity index is 656. The first-order valence-corrected chi connectivity index (χ1v) is 8.47. The highest BCUT2D eigenvalue weighted by molar-refractivity contribution is 7.98. The number of carboxylic acid groups (broad SMARTS) is 1. The van der Waals surface area contributed by atoms with Crippen LogP contribution in [0.3, 0.4) is 0 Å². The maximum atomic E-state index is 11.2. The summed E-state index contributed by atoms with van der Waals surface area (Å²) in [5, 5.41) is 9.18. The van der Waals surface area contributed by atoms with Gasteiger partial charge in [-0.1, -0.05) is 20.8 Å². The van der Waals surface area contributed by atoms with Crippen molar-refractivity contribution in [1.29, 1.82) is 0 Å². The number of fused-ring (bicyclic) bond motifs is 1. The second-order valence-electron chi connectivity index (χ2n) is 6.19. The van der Waals surface area contributed by atoms with Crippen molar-refractivity contribution in [3.63, 3.8) is 0 Å². The Morgan fingerprint density at radius 2 is 2.10 bits per heavy atom. The Balaban J connectivity index is 2.56. The quantitative estimate of drug-likeness (QED) is 0.854. The summed E-state index contributed by atoms with van der Waals surface area (Å²) in [6, 6.07) is 5.16. The molecule has 0 amide bonds. The normalized spacial score (nSPS) is 12.0. The molecule has 0 fully saturated rings. The standard InChI is InChI=1S/C16H22N2O2S/c1-16(2,3)15-17-12-7-6-11(14(19)20)10-13(12)18(15)8-5-9-21-4/h6-7,10H,5,8-9H2,1-4H3,(H,19,20). The number of hydrogen-bond donors (Lipinski definition) is 1. The molecule has 5 heteroatoms. The monoisotopic (exact) mass is 306 g/mol. The minimum Gasteiger partial charge on any atom is -0.478 e. The molecule has 0 aliphatic heterocycles. The molecule has 0 saturated carbocycles. The maximum absolute atomic E-state index is 11.2. The second-order valence-corrected chi connectivity index (χ2v) is 7.18. The molecule has 0 saturated heterocycles. The molecule has 4 nitrogen and oxygen atoms in total. The number of nitrogens with zero attached hydrogens (tertiary/aromatic N) is 2. The zero-order valence-corrected chi connectivity index (χ0v) is 13.8. The molecular formula is C16H22N2O2S. The van der Waals surface area contributed by atoms with Gasteiger partial charge in [0, 0.05) is 12.0 Å². The first kappa shape index (κ1) is 15.9. The third-order valence-electron chi connectivity index (χ3n) is 3.40. The third-order valence-corrected chi connectivity index (χ3v) is 4.09. The highest BCUT2D eigenvalue weighted by Gasteiger charge is 2.23. The Hall–Kier alpha value is -1.49. The average Bonchev–Trinajstić information content (AvgIpc) is 2.77. The number of imidazole rings is 1. The number of aromatic carboxylic acids is 1. The van der Waals surface area contributed by atoms with Gasteiger partial charge in [-0.05, 0) is 36.6 Å². The van der Waals surface area contributed by atoms with Crippen molar-refractivity contribution in [2.45, 2.75) is 39.2 Å². The van der Waals surface area contributed by atoms with Gasteiger partial charge in [0.05, 0.1) is 16.6 Å². The zero-order chi connectivity index (χ0) is 15.6. The number of aromatic nitrogens is 2. The molecule has 1 N–H and O–H groups in total. The fourth-order valence-electron chi connectivity index (χ4n) is 2.42. The van der Waals surface area contributed by atoms with E-state index in [1.54, 1.807) is 18.2 Å². The van der Waals surface area contributed by atoms with Gasteiger partial charge in [0.2, 0.25) is 0 Å². The van der Waals surface area contributed by atoms with Gasteiger partial charge in [-0.2, -0.15) is 11.8 Å². The zero-order valence-electron chi connectivity index (χ0n) is 13.0. The maximum Gasteiger partial charge on any atom is 0.335 e. The summed E-state index contributed by atoms with van der Waals surface area (Å²) in [5.74, 6) is 1.20. The molecule has 0 unspecified atom stereocenters. The van der Waals surface area contributed by atoms with Crippen LogP contribution in [-0.2, 0) is 12.0 Å². The molecule has 1 aromatic heterocycles. The van der Waals surface area contributed by atoms with Crippen LogP contribution in [0.25, 0.3) is 11.0 Å². The van der Waals surface area contributed by atoms with Crippen LogP contribution in [0.5, 0.6) is 0 Å². The van der Waals surface area contributed by atoms with E-state index in [1.807, 2.05) is 11.8 Å². The molecule has 2 aromatic rings. The Morgan fingerprint density at radius 1 is 1.38 bits per heavy atom. The van der Waals surface area contributed by atoms with Crippen LogP contribution in [0.2, 0.25) is 0 Å². The van der Waals surface area contributed by atoms with Gasteiger partial charge < -0.3 is 9.67 Å². The number of carboxylic acids is 1. The lowest BCUT2D eigenvalue weighted by molar-refractivity contribution is 0.0697. The Labute approximate surface area is 129 Å². The van der Waals surface area contributed by atoms with Crippen molar-refractivity contribution < 1.29 is 9.90 Å². The van der Waals surface area contributed by atoms with Gasteiger partial charge in [-0.15, -0.1) is 0 Å². The molecule has 0 atom stereocenters. The number of aryl methyl sites for hydroxylation is 1. The van der Waals surface area contributed by atoms with Gasteiger partial charge in [0.1, 0.15) is 5.82 Å². The van der Waals surface area contributed by atoms with E-state index in [2.05, 4.69) is 31.6 Å². The van der Waals surface area contributed by atoms with E-state index < -0.39 is 5.97 Å². The number of thioether (sulfide) groups is 1. The third kappa shape index (κ3) is 3.40. The second kappa shape index (κ2) is 6.10. The van der Waals surface area contributed by atoms with Gasteiger partial charge in [0.15, 0.2) is 0 Å². The van der Waals surface area contributed by atoms with E-state index in [-0.39, 0.29) is 5.41 Å². The van der Waals surface area contributed by atoms with E-state index in [4.69, 9.17) is 4.98 Å². The van der Waals surface area contributed by atoms with Crippen molar-refractivity contribution in [2.75, 3.05) is 12.0 Å².